The van der Waals surface area contributed by atoms with E-state index in [1.165, 1.54) is 14.2 Å². The fraction of sp³-hybridized carbons (Fsp3) is 0.429. The lowest BCUT2D eigenvalue weighted by Gasteiger charge is -2.39. The van der Waals surface area contributed by atoms with E-state index in [0.29, 0.717) is 29.3 Å². The van der Waals surface area contributed by atoms with Gasteiger partial charge in [0, 0.05) is 18.4 Å². The number of phenols is 1. The molecule has 0 unspecified atom stereocenters. The van der Waals surface area contributed by atoms with Crippen LogP contribution in [0.25, 0.3) is 0 Å². The van der Waals surface area contributed by atoms with E-state index in [4.69, 9.17) is 28.4 Å². The van der Waals surface area contributed by atoms with Crippen LogP contribution in [0.5, 0.6) is 28.7 Å². The zero-order chi connectivity index (χ0) is 28.7. The molecule has 1 aromatic heterocycles. The van der Waals surface area contributed by atoms with Crippen molar-refractivity contribution in [1.82, 2.24) is 20.3 Å². The van der Waals surface area contributed by atoms with Gasteiger partial charge in [-0.05, 0) is 47.4 Å². The van der Waals surface area contributed by atoms with Crippen LogP contribution in [-0.2, 0) is 20.9 Å². The maximum Gasteiger partial charge on any atom is 0.407 e. The van der Waals surface area contributed by atoms with Crippen LogP contribution in [0.15, 0.2) is 30.5 Å². The number of esters is 1. The number of fused-ring (bicyclic) bond motifs is 3. The Morgan fingerprint density at radius 1 is 1.10 bits per heavy atom. The highest BCUT2D eigenvalue weighted by Crippen LogP contribution is 2.56. The van der Waals surface area contributed by atoms with Crippen molar-refractivity contribution >= 4 is 12.1 Å². The predicted octanol–water partition coefficient (Wildman–Crippen LogP) is 2.89. The third-order valence-electron chi connectivity index (χ3n) is 7.72. The number of aromatic hydroxyl groups is 1. The molecule has 2 aromatic carbocycles. The lowest BCUT2D eigenvalue weighted by molar-refractivity contribution is -0.141. The molecule has 3 aliphatic rings. The summed E-state index contributed by atoms with van der Waals surface area (Å²) < 4.78 is 34.8. The molecule has 41 heavy (non-hydrogen) atoms. The average Bonchev–Trinajstić information content (AvgIpc) is 3.73. The number of ether oxygens (including phenoxy) is 6. The van der Waals surface area contributed by atoms with Crippen molar-refractivity contribution in [3.8, 4) is 28.7 Å². The summed E-state index contributed by atoms with van der Waals surface area (Å²) in [7, 11) is 2.90. The Hall–Kier alpha value is -4.68. The minimum atomic E-state index is -0.601. The number of hydrogen-bond acceptors (Lipinski definition) is 11. The summed E-state index contributed by atoms with van der Waals surface area (Å²) >= 11 is 0. The molecule has 3 heterocycles. The zero-order valence-corrected chi connectivity index (χ0v) is 22.8. The molecule has 2 N–H and O–H groups in total. The first kappa shape index (κ1) is 26.5. The molecule has 0 spiro atoms. The van der Waals surface area contributed by atoms with Crippen molar-refractivity contribution in [1.29, 1.82) is 0 Å². The van der Waals surface area contributed by atoms with Gasteiger partial charge in [-0.1, -0.05) is 12.1 Å². The first-order valence-corrected chi connectivity index (χ1v) is 13.3. The number of cyclic esters (lactones) is 1. The Morgan fingerprint density at radius 3 is 2.49 bits per heavy atom. The first-order chi connectivity index (χ1) is 19.9. The second-order valence-corrected chi connectivity index (χ2v) is 10.0. The highest BCUT2D eigenvalue weighted by Gasteiger charge is 2.53. The van der Waals surface area contributed by atoms with E-state index in [1.807, 2.05) is 19.1 Å². The van der Waals surface area contributed by atoms with Crippen molar-refractivity contribution in [3.63, 3.8) is 0 Å². The van der Waals surface area contributed by atoms with Crippen LogP contribution in [0.2, 0.25) is 0 Å². The first-order valence-electron chi connectivity index (χ1n) is 13.3. The molecule has 1 aliphatic carbocycles. The van der Waals surface area contributed by atoms with Gasteiger partial charge in [0.25, 0.3) is 0 Å². The number of carbonyl (C=O) groups excluding carboxylic acids is 2. The standard InChI is InChI=1S/C28H30N4O9/c1-4-5-29-28(35)39-11-15-10-32(31-30-15)25-17-9-20-19(40-13-41-20)8-16(17)23(24-18(25)12-38-27(24)34)14-6-21(36-2)26(33)22(7-14)37-3/h6-10,18,23-25,33H,4-5,11-13H2,1-3H3,(H,29,35)/t18-,23+,24-,25+/m0/s1. The number of phenolic OH excluding ortho intramolecular Hbond substituents is 1. The van der Waals surface area contributed by atoms with E-state index in [2.05, 4.69) is 15.6 Å². The smallest absolute Gasteiger partial charge is 0.407 e. The maximum absolute atomic E-state index is 13.4. The number of aromatic nitrogens is 3. The molecule has 3 aromatic rings. The van der Waals surface area contributed by atoms with Gasteiger partial charge in [0.2, 0.25) is 12.5 Å². The minimum absolute atomic E-state index is 0.0600. The van der Waals surface area contributed by atoms with Gasteiger partial charge in [0.05, 0.1) is 39.0 Å². The molecule has 0 saturated carbocycles. The monoisotopic (exact) mass is 566 g/mol. The number of alkyl carbamates (subject to hydrolysis) is 1. The largest absolute Gasteiger partial charge is 0.502 e. The van der Waals surface area contributed by atoms with Gasteiger partial charge in [0.1, 0.15) is 12.3 Å². The van der Waals surface area contributed by atoms with Gasteiger partial charge in [-0.2, -0.15) is 0 Å². The highest BCUT2D eigenvalue weighted by atomic mass is 16.7. The van der Waals surface area contributed by atoms with Crippen molar-refractivity contribution < 1.29 is 43.1 Å². The third kappa shape index (κ3) is 4.60. The SMILES string of the molecule is CCCNC(=O)OCc1cn([C@@H]2c3cc4c(cc3[C@@H](c3cc(OC)c(O)c(OC)c3)[C@H]3C(=O)OC[C@@H]32)OCO4)nn1. The number of nitrogens with one attached hydrogen (secondary N) is 1. The second-order valence-electron chi connectivity index (χ2n) is 10.0. The van der Waals surface area contributed by atoms with E-state index in [-0.39, 0.29) is 49.1 Å². The van der Waals surface area contributed by atoms with Gasteiger partial charge < -0.3 is 38.8 Å². The Kier molecular flexibility index (Phi) is 6.93. The van der Waals surface area contributed by atoms with Crippen LogP contribution in [0, 0.1) is 11.8 Å². The number of benzene rings is 2. The van der Waals surface area contributed by atoms with Crippen molar-refractivity contribution in [3.05, 3.63) is 52.8 Å². The number of hydrogen-bond donors (Lipinski definition) is 2. The molecule has 6 rings (SSSR count). The fourth-order valence-corrected chi connectivity index (χ4v) is 5.90. The second kappa shape index (κ2) is 10.7. The molecule has 1 amide bonds. The topological polar surface area (TPSA) is 152 Å². The Morgan fingerprint density at radius 2 is 1.80 bits per heavy atom. The fourth-order valence-electron chi connectivity index (χ4n) is 5.90. The Balaban J connectivity index is 1.44. The lowest BCUT2D eigenvalue weighted by Crippen LogP contribution is -2.37. The van der Waals surface area contributed by atoms with Gasteiger partial charge in [-0.15, -0.1) is 5.10 Å². The molecule has 1 fully saturated rings. The van der Waals surface area contributed by atoms with Gasteiger partial charge in [0.15, 0.2) is 23.0 Å². The van der Waals surface area contributed by atoms with Crippen molar-refractivity contribution in [2.24, 2.45) is 11.8 Å². The third-order valence-corrected chi connectivity index (χ3v) is 7.72. The quantitative estimate of drug-likeness (QED) is 0.387. The van der Waals surface area contributed by atoms with E-state index in [9.17, 15) is 14.7 Å². The summed E-state index contributed by atoms with van der Waals surface area (Å²) in [5, 5.41) is 21.8. The summed E-state index contributed by atoms with van der Waals surface area (Å²) in [5.74, 6) is -0.321. The number of nitrogens with zero attached hydrogens (tertiary/aromatic N) is 3. The lowest BCUT2D eigenvalue weighted by atomic mass is 9.65. The van der Waals surface area contributed by atoms with Gasteiger partial charge >= 0.3 is 12.1 Å². The number of carbonyl (C=O) groups is 2. The van der Waals surface area contributed by atoms with Crippen LogP contribution in [0.1, 0.15) is 47.7 Å². The van der Waals surface area contributed by atoms with E-state index < -0.39 is 24.0 Å². The van der Waals surface area contributed by atoms with E-state index >= 15 is 0 Å². The molecule has 0 radical (unpaired) electrons. The molecule has 2 aliphatic heterocycles. The predicted molar refractivity (Wildman–Crippen MR) is 140 cm³/mol. The Labute approximate surface area is 235 Å². The van der Waals surface area contributed by atoms with Crippen molar-refractivity contribution in [2.45, 2.75) is 31.9 Å². The summed E-state index contributed by atoms with van der Waals surface area (Å²) in [6.07, 6.45) is 1.97. The van der Waals surface area contributed by atoms with Crippen LogP contribution in [0.3, 0.4) is 0 Å². The van der Waals surface area contributed by atoms with E-state index in [0.717, 1.165) is 17.5 Å². The molecule has 0 bridgehead atoms. The average molecular weight is 567 g/mol. The molecule has 4 atom stereocenters. The van der Waals surface area contributed by atoms with Crippen LogP contribution in [-0.4, -0.2) is 66.3 Å². The molecular formula is C28H30N4O9. The Bertz CT molecular complexity index is 1460. The highest BCUT2D eigenvalue weighted by molar-refractivity contribution is 5.79. The number of amides is 1. The van der Waals surface area contributed by atoms with Crippen LogP contribution in [0.4, 0.5) is 4.79 Å². The summed E-state index contributed by atoms with van der Waals surface area (Å²) in [6, 6.07) is 6.74. The molecule has 13 heteroatoms. The van der Waals surface area contributed by atoms with Crippen LogP contribution < -0.4 is 24.3 Å². The van der Waals surface area contributed by atoms with Crippen LogP contribution >= 0.6 is 0 Å². The van der Waals surface area contributed by atoms with Crippen molar-refractivity contribution in [2.75, 3.05) is 34.2 Å². The van der Waals surface area contributed by atoms with Gasteiger partial charge in [-0.25, -0.2) is 9.48 Å². The summed E-state index contributed by atoms with van der Waals surface area (Å²) in [4.78, 5) is 25.3. The molecule has 216 valence electrons. The maximum atomic E-state index is 13.4. The number of methoxy groups -OCH3 is 2. The zero-order valence-electron chi connectivity index (χ0n) is 22.8. The normalized spacial score (nSPS) is 22.0. The molecule has 13 nitrogen and oxygen atoms in total. The molecular weight excluding hydrogens is 536 g/mol. The van der Waals surface area contributed by atoms with Gasteiger partial charge in [-0.3, -0.25) is 4.79 Å². The van der Waals surface area contributed by atoms with E-state index in [1.54, 1.807) is 23.0 Å². The summed E-state index contributed by atoms with van der Waals surface area (Å²) in [6.45, 7) is 2.64. The summed E-state index contributed by atoms with van der Waals surface area (Å²) in [5.41, 5.74) is 2.81. The minimum Gasteiger partial charge on any atom is -0.502 e. The molecule has 1 saturated heterocycles. The number of rotatable bonds is 8.